The van der Waals surface area contributed by atoms with Gasteiger partial charge in [-0.05, 0) is 43.0 Å². The summed E-state index contributed by atoms with van der Waals surface area (Å²) < 4.78 is 12.0. The van der Waals surface area contributed by atoms with Crippen molar-refractivity contribution >= 4 is 5.69 Å². The number of hydrogen-bond donors (Lipinski definition) is 1. The van der Waals surface area contributed by atoms with Gasteiger partial charge in [0.1, 0.15) is 17.6 Å². The van der Waals surface area contributed by atoms with Crippen LogP contribution in [0.25, 0.3) is 0 Å². The van der Waals surface area contributed by atoms with Crippen LogP contribution < -0.4 is 14.8 Å². The monoisotopic (exact) mass is 327 g/mol. The van der Waals surface area contributed by atoms with Crippen molar-refractivity contribution in [3.63, 3.8) is 0 Å². The van der Waals surface area contributed by atoms with Crippen LogP contribution in [0.1, 0.15) is 32.8 Å². The molecule has 0 fully saturated rings. The van der Waals surface area contributed by atoms with Gasteiger partial charge in [-0.25, -0.2) is 0 Å². The first-order valence-electron chi connectivity index (χ1n) is 8.78. The van der Waals surface area contributed by atoms with Gasteiger partial charge >= 0.3 is 0 Å². The Bertz CT molecular complexity index is 625. The number of rotatable bonds is 9. The Morgan fingerprint density at radius 1 is 0.958 bits per heavy atom. The highest BCUT2D eigenvalue weighted by molar-refractivity contribution is 5.56. The lowest BCUT2D eigenvalue weighted by Gasteiger charge is -2.21. The van der Waals surface area contributed by atoms with Gasteiger partial charge in [-0.1, -0.05) is 51.1 Å². The first kappa shape index (κ1) is 18.2. The van der Waals surface area contributed by atoms with Crippen molar-refractivity contribution in [2.75, 3.05) is 18.5 Å². The first-order chi connectivity index (χ1) is 11.6. The fraction of sp³-hybridized carbons (Fsp3) is 0.429. The topological polar surface area (TPSA) is 30.5 Å². The van der Waals surface area contributed by atoms with Crippen LogP contribution in [-0.2, 0) is 0 Å². The fourth-order valence-electron chi connectivity index (χ4n) is 2.36. The Morgan fingerprint density at radius 3 is 2.29 bits per heavy atom. The molecule has 3 nitrogen and oxygen atoms in total. The Kier molecular flexibility index (Phi) is 6.98. The largest absolute Gasteiger partial charge is 0.491 e. The molecule has 0 spiro atoms. The molecule has 0 bridgehead atoms. The van der Waals surface area contributed by atoms with Crippen molar-refractivity contribution in [1.82, 2.24) is 0 Å². The van der Waals surface area contributed by atoms with Crippen LogP contribution in [0.15, 0.2) is 48.5 Å². The lowest BCUT2D eigenvalue weighted by atomic mass is 10.2. The molecule has 1 N–H and O–H groups in total. The Balaban J connectivity index is 1.97. The lowest BCUT2D eigenvalue weighted by Crippen LogP contribution is -2.26. The van der Waals surface area contributed by atoms with Crippen LogP contribution in [-0.4, -0.2) is 19.3 Å². The number of aryl methyl sites for hydroxylation is 1. The molecule has 0 aromatic heterocycles. The first-order valence-corrected chi connectivity index (χ1v) is 8.78. The van der Waals surface area contributed by atoms with Gasteiger partial charge in [-0.15, -0.1) is 0 Å². The fourth-order valence-corrected chi connectivity index (χ4v) is 2.36. The van der Waals surface area contributed by atoms with Crippen LogP contribution in [0, 0.1) is 12.8 Å². The van der Waals surface area contributed by atoms with Crippen LogP contribution in [0.5, 0.6) is 11.5 Å². The van der Waals surface area contributed by atoms with E-state index < -0.39 is 0 Å². The predicted octanol–water partition coefficient (Wildman–Crippen LogP) is 5.30. The summed E-state index contributed by atoms with van der Waals surface area (Å²) >= 11 is 0. The standard InChI is InChI=1S/C21H29NO2/c1-5-18(24-20-12-8-6-10-17(20)4)14-22-19-11-7-9-13-21(19)23-15-16(2)3/h6-13,16,18,22H,5,14-15H2,1-4H3. The molecular weight excluding hydrogens is 298 g/mol. The summed E-state index contributed by atoms with van der Waals surface area (Å²) in [4.78, 5) is 0. The summed E-state index contributed by atoms with van der Waals surface area (Å²) in [6, 6.07) is 16.2. The second-order valence-electron chi connectivity index (χ2n) is 6.50. The van der Waals surface area contributed by atoms with Crippen molar-refractivity contribution in [2.45, 2.75) is 40.2 Å². The van der Waals surface area contributed by atoms with Gasteiger partial charge in [0.25, 0.3) is 0 Å². The highest BCUT2D eigenvalue weighted by Gasteiger charge is 2.11. The van der Waals surface area contributed by atoms with E-state index in [0.717, 1.165) is 42.3 Å². The summed E-state index contributed by atoms with van der Waals surface area (Å²) in [5.74, 6) is 2.36. The molecule has 3 heteroatoms. The molecule has 0 aliphatic rings. The normalized spacial score (nSPS) is 12.0. The summed E-state index contributed by atoms with van der Waals surface area (Å²) in [7, 11) is 0. The maximum absolute atomic E-state index is 6.15. The smallest absolute Gasteiger partial charge is 0.142 e. The van der Waals surface area contributed by atoms with E-state index in [2.05, 4.69) is 45.1 Å². The quantitative estimate of drug-likeness (QED) is 0.678. The summed E-state index contributed by atoms with van der Waals surface area (Å²) in [5.41, 5.74) is 2.18. The van der Waals surface area contributed by atoms with Gasteiger partial charge in [0.15, 0.2) is 0 Å². The van der Waals surface area contributed by atoms with Crippen LogP contribution in [0.4, 0.5) is 5.69 Å². The van der Waals surface area contributed by atoms with Crippen molar-refractivity contribution in [3.05, 3.63) is 54.1 Å². The maximum atomic E-state index is 6.15. The van der Waals surface area contributed by atoms with Crippen molar-refractivity contribution in [3.8, 4) is 11.5 Å². The van der Waals surface area contributed by atoms with Crippen LogP contribution >= 0.6 is 0 Å². The second-order valence-corrected chi connectivity index (χ2v) is 6.50. The van der Waals surface area contributed by atoms with Gasteiger partial charge in [0.05, 0.1) is 18.8 Å². The molecule has 0 saturated carbocycles. The van der Waals surface area contributed by atoms with Gasteiger partial charge in [0.2, 0.25) is 0 Å². The van der Waals surface area contributed by atoms with E-state index in [1.54, 1.807) is 0 Å². The number of hydrogen-bond acceptors (Lipinski definition) is 3. The molecule has 24 heavy (non-hydrogen) atoms. The molecule has 0 radical (unpaired) electrons. The third kappa shape index (κ3) is 5.48. The SMILES string of the molecule is CCC(CNc1ccccc1OCC(C)C)Oc1ccccc1C. The molecule has 2 rings (SSSR count). The molecule has 130 valence electrons. The summed E-state index contributed by atoms with van der Waals surface area (Å²) in [6.45, 7) is 9.98. The molecule has 2 aromatic rings. The zero-order valence-corrected chi connectivity index (χ0v) is 15.2. The number of benzene rings is 2. The minimum Gasteiger partial charge on any atom is -0.491 e. The van der Waals surface area contributed by atoms with E-state index >= 15 is 0 Å². The van der Waals surface area contributed by atoms with Crippen molar-refractivity contribution < 1.29 is 9.47 Å². The third-order valence-corrected chi connectivity index (χ3v) is 3.82. The molecule has 2 aromatic carbocycles. The Morgan fingerprint density at radius 2 is 1.62 bits per heavy atom. The minimum atomic E-state index is 0.115. The molecule has 0 saturated heterocycles. The highest BCUT2D eigenvalue weighted by Crippen LogP contribution is 2.25. The lowest BCUT2D eigenvalue weighted by molar-refractivity contribution is 0.208. The van der Waals surface area contributed by atoms with E-state index in [9.17, 15) is 0 Å². The van der Waals surface area contributed by atoms with Gasteiger partial charge in [0, 0.05) is 0 Å². The van der Waals surface area contributed by atoms with Crippen molar-refractivity contribution in [1.29, 1.82) is 0 Å². The van der Waals surface area contributed by atoms with Gasteiger partial charge < -0.3 is 14.8 Å². The summed E-state index contributed by atoms with van der Waals surface area (Å²) in [6.07, 6.45) is 1.06. The van der Waals surface area contributed by atoms with E-state index in [-0.39, 0.29) is 6.10 Å². The van der Waals surface area contributed by atoms with Crippen LogP contribution in [0.2, 0.25) is 0 Å². The highest BCUT2D eigenvalue weighted by atomic mass is 16.5. The summed E-state index contributed by atoms with van der Waals surface area (Å²) in [5, 5.41) is 3.48. The van der Waals surface area contributed by atoms with Crippen LogP contribution in [0.3, 0.4) is 0 Å². The number of nitrogens with one attached hydrogen (secondary N) is 1. The minimum absolute atomic E-state index is 0.115. The van der Waals surface area contributed by atoms with Crippen molar-refractivity contribution in [2.24, 2.45) is 5.92 Å². The zero-order valence-electron chi connectivity index (χ0n) is 15.2. The number of para-hydroxylation sites is 3. The van der Waals surface area contributed by atoms with Gasteiger partial charge in [-0.2, -0.15) is 0 Å². The third-order valence-electron chi connectivity index (χ3n) is 3.82. The molecule has 0 aliphatic heterocycles. The average molecular weight is 327 g/mol. The van der Waals surface area contributed by atoms with E-state index in [1.807, 2.05) is 36.4 Å². The number of ether oxygens (including phenoxy) is 2. The molecule has 0 heterocycles. The van der Waals surface area contributed by atoms with E-state index in [4.69, 9.17) is 9.47 Å². The average Bonchev–Trinajstić information content (AvgIpc) is 2.59. The molecule has 0 amide bonds. The zero-order chi connectivity index (χ0) is 17.4. The van der Waals surface area contributed by atoms with E-state index in [1.165, 1.54) is 0 Å². The molecule has 1 unspecified atom stereocenters. The Hall–Kier alpha value is -2.16. The molecular formula is C21H29NO2. The Labute approximate surface area is 146 Å². The van der Waals surface area contributed by atoms with E-state index in [0.29, 0.717) is 5.92 Å². The number of anilines is 1. The molecule has 0 aliphatic carbocycles. The van der Waals surface area contributed by atoms with Gasteiger partial charge in [-0.3, -0.25) is 0 Å². The molecule has 1 atom stereocenters. The predicted molar refractivity (Wildman–Crippen MR) is 101 cm³/mol. The second kappa shape index (κ2) is 9.21. The maximum Gasteiger partial charge on any atom is 0.142 e.